The first-order chi connectivity index (χ1) is 9.38. The molecule has 1 fully saturated rings. The number of ether oxygens (including phenoxy) is 1. The molecule has 0 saturated heterocycles. The van der Waals surface area contributed by atoms with E-state index in [-0.39, 0.29) is 0 Å². The Labute approximate surface area is 117 Å². The first-order valence-electron chi connectivity index (χ1n) is 7.71. The summed E-state index contributed by atoms with van der Waals surface area (Å²) in [5.41, 5.74) is 1.42. The van der Waals surface area contributed by atoms with E-state index in [1.165, 1.54) is 24.8 Å². The molecule has 0 aromatic heterocycles. The van der Waals surface area contributed by atoms with Crippen LogP contribution < -0.4 is 5.32 Å². The third kappa shape index (κ3) is 6.22. The highest BCUT2D eigenvalue weighted by Gasteiger charge is 2.21. The van der Waals surface area contributed by atoms with Crippen LogP contribution in [-0.2, 0) is 11.2 Å². The normalized spacial score (nSPS) is 16.5. The van der Waals surface area contributed by atoms with E-state index in [0.717, 1.165) is 38.6 Å². The Hall–Kier alpha value is -0.860. The fraction of sp³-hybridized carbons (Fsp3) is 0.647. The number of benzene rings is 1. The molecule has 0 bridgehead atoms. The van der Waals surface area contributed by atoms with Gasteiger partial charge >= 0.3 is 0 Å². The van der Waals surface area contributed by atoms with Gasteiger partial charge in [-0.05, 0) is 49.6 Å². The van der Waals surface area contributed by atoms with Gasteiger partial charge in [-0.1, -0.05) is 37.3 Å². The maximum atomic E-state index is 5.88. The van der Waals surface area contributed by atoms with Gasteiger partial charge in [0.1, 0.15) is 0 Å². The summed E-state index contributed by atoms with van der Waals surface area (Å²) >= 11 is 0. The van der Waals surface area contributed by atoms with E-state index in [1.807, 2.05) is 0 Å². The Bertz CT molecular complexity index is 334. The zero-order chi connectivity index (χ0) is 13.3. The number of rotatable bonds is 10. The number of hydrogen-bond acceptors (Lipinski definition) is 2. The Morgan fingerprint density at radius 3 is 2.74 bits per heavy atom. The highest BCUT2D eigenvalue weighted by Crippen LogP contribution is 2.29. The van der Waals surface area contributed by atoms with Crippen LogP contribution in [0.1, 0.15) is 31.7 Å². The van der Waals surface area contributed by atoms with Gasteiger partial charge in [0.15, 0.2) is 0 Å². The minimum absolute atomic E-state index is 0.590. The first kappa shape index (κ1) is 14.5. The van der Waals surface area contributed by atoms with Gasteiger partial charge in [0.05, 0.1) is 6.61 Å². The lowest BCUT2D eigenvalue weighted by Gasteiger charge is -2.18. The molecule has 2 heteroatoms. The summed E-state index contributed by atoms with van der Waals surface area (Å²) in [6, 6.07) is 10.8. The van der Waals surface area contributed by atoms with Crippen molar-refractivity contribution < 1.29 is 4.74 Å². The van der Waals surface area contributed by atoms with Crippen LogP contribution in [0.4, 0.5) is 0 Å². The second-order valence-corrected chi connectivity index (χ2v) is 5.74. The van der Waals surface area contributed by atoms with Crippen LogP contribution in [0.2, 0.25) is 0 Å². The summed E-state index contributed by atoms with van der Waals surface area (Å²) < 4.78 is 5.88. The van der Waals surface area contributed by atoms with Crippen LogP contribution in [0.3, 0.4) is 0 Å². The number of hydrogen-bond donors (Lipinski definition) is 1. The zero-order valence-electron chi connectivity index (χ0n) is 12.1. The van der Waals surface area contributed by atoms with E-state index < -0.39 is 0 Å². The molecule has 1 aromatic rings. The monoisotopic (exact) mass is 261 g/mol. The quantitative estimate of drug-likeness (QED) is 0.653. The van der Waals surface area contributed by atoms with E-state index in [9.17, 15) is 0 Å². The summed E-state index contributed by atoms with van der Waals surface area (Å²) in [7, 11) is 0. The molecule has 1 N–H and O–H groups in total. The van der Waals surface area contributed by atoms with Crippen molar-refractivity contribution in [2.75, 3.05) is 26.3 Å². The number of nitrogens with one attached hydrogen (secondary N) is 1. The smallest absolute Gasteiger partial charge is 0.0509 e. The Morgan fingerprint density at radius 1 is 1.26 bits per heavy atom. The molecule has 2 rings (SSSR count). The third-order valence-electron chi connectivity index (χ3n) is 3.63. The standard InChI is InChI=1S/C17H27NO/c1-2-10-18-12-17(14-19-13-16-8-9-16)11-15-6-4-3-5-7-15/h3-7,16-18H,2,8-14H2,1H3. The maximum Gasteiger partial charge on any atom is 0.0509 e. The Balaban J connectivity index is 1.74. The molecule has 0 aliphatic heterocycles. The molecule has 0 spiro atoms. The predicted octanol–water partition coefficient (Wildman–Crippen LogP) is 3.27. The molecule has 2 nitrogen and oxygen atoms in total. The van der Waals surface area contributed by atoms with Gasteiger partial charge in [-0.25, -0.2) is 0 Å². The molecule has 1 aliphatic carbocycles. The topological polar surface area (TPSA) is 21.3 Å². The highest BCUT2D eigenvalue weighted by atomic mass is 16.5. The lowest BCUT2D eigenvalue weighted by Crippen LogP contribution is -2.28. The van der Waals surface area contributed by atoms with Crippen LogP contribution in [-0.4, -0.2) is 26.3 Å². The molecule has 1 atom stereocenters. The van der Waals surface area contributed by atoms with Gasteiger partial charge in [-0.15, -0.1) is 0 Å². The summed E-state index contributed by atoms with van der Waals surface area (Å²) in [5, 5.41) is 3.53. The third-order valence-corrected chi connectivity index (χ3v) is 3.63. The lowest BCUT2D eigenvalue weighted by atomic mass is 10.00. The van der Waals surface area contributed by atoms with E-state index in [1.54, 1.807) is 0 Å². The van der Waals surface area contributed by atoms with Crippen LogP contribution in [0.25, 0.3) is 0 Å². The fourth-order valence-electron chi connectivity index (χ4n) is 2.31. The van der Waals surface area contributed by atoms with E-state index in [0.29, 0.717) is 5.92 Å². The Kier molecular flexibility index (Phi) is 6.38. The Morgan fingerprint density at radius 2 is 2.05 bits per heavy atom. The van der Waals surface area contributed by atoms with Crippen molar-refractivity contribution >= 4 is 0 Å². The minimum Gasteiger partial charge on any atom is -0.381 e. The summed E-state index contributed by atoms with van der Waals surface area (Å²) in [6.45, 7) is 6.24. The zero-order valence-corrected chi connectivity index (χ0v) is 12.1. The van der Waals surface area contributed by atoms with Gasteiger partial charge in [-0.3, -0.25) is 0 Å². The lowest BCUT2D eigenvalue weighted by molar-refractivity contribution is 0.0907. The minimum atomic E-state index is 0.590. The molecule has 1 saturated carbocycles. The van der Waals surface area contributed by atoms with Crippen molar-refractivity contribution in [3.05, 3.63) is 35.9 Å². The average Bonchev–Trinajstić information content (AvgIpc) is 3.24. The molecule has 1 aliphatic rings. The highest BCUT2D eigenvalue weighted by molar-refractivity contribution is 5.15. The van der Waals surface area contributed by atoms with Gasteiger partial charge in [-0.2, -0.15) is 0 Å². The van der Waals surface area contributed by atoms with E-state index >= 15 is 0 Å². The molecule has 106 valence electrons. The summed E-state index contributed by atoms with van der Waals surface area (Å²) in [4.78, 5) is 0. The molecular weight excluding hydrogens is 234 g/mol. The van der Waals surface area contributed by atoms with E-state index in [2.05, 4.69) is 42.6 Å². The SMILES string of the molecule is CCCNCC(COCC1CC1)Cc1ccccc1. The van der Waals surface area contributed by atoms with Crippen molar-refractivity contribution in [2.45, 2.75) is 32.6 Å². The maximum absolute atomic E-state index is 5.88. The first-order valence-corrected chi connectivity index (χ1v) is 7.71. The second-order valence-electron chi connectivity index (χ2n) is 5.74. The molecule has 0 amide bonds. The molecule has 1 aromatic carbocycles. The van der Waals surface area contributed by atoms with Crippen molar-refractivity contribution in [1.82, 2.24) is 5.32 Å². The average molecular weight is 261 g/mol. The van der Waals surface area contributed by atoms with E-state index in [4.69, 9.17) is 4.74 Å². The van der Waals surface area contributed by atoms with Crippen LogP contribution in [0, 0.1) is 11.8 Å². The van der Waals surface area contributed by atoms with Crippen molar-refractivity contribution in [3.8, 4) is 0 Å². The van der Waals surface area contributed by atoms with Gasteiger partial charge in [0.2, 0.25) is 0 Å². The van der Waals surface area contributed by atoms with Crippen LogP contribution in [0.15, 0.2) is 30.3 Å². The summed E-state index contributed by atoms with van der Waals surface area (Å²) in [5.74, 6) is 1.45. The van der Waals surface area contributed by atoms with Crippen molar-refractivity contribution in [1.29, 1.82) is 0 Å². The molecular formula is C17H27NO. The predicted molar refractivity (Wildman–Crippen MR) is 80.3 cm³/mol. The van der Waals surface area contributed by atoms with Gasteiger partial charge in [0.25, 0.3) is 0 Å². The van der Waals surface area contributed by atoms with Crippen molar-refractivity contribution in [3.63, 3.8) is 0 Å². The molecule has 0 heterocycles. The molecule has 0 radical (unpaired) electrons. The largest absolute Gasteiger partial charge is 0.381 e. The molecule has 1 unspecified atom stereocenters. The van der Waals surface area contributed by atoms with Gasteiger partial charge < -0.3 is 10.1 Å². The molecule has 19 heavy (non-hydrogen) atoms. The second kappa shape index (κ2) is 8.34. The van der Waals surface area contributed by atoms with Crippen LogP contribution in [0.5, 0.6) is 0 Å². The summed E-state index contributed by atoms with van der Waals surface area (Å²) in [6.07, 6.45) is 5.05. The fourth-order valence-corrected chi connectivity index (χ4v) is 2.31. The van der Waals surface area contributed by atoms with Gasteiger partial charge in [0, 0.05) is 13.2 Å². The van der Waals surface area contributed by atoms with Crippen molar-refractivity contribution in [2.24, 2.45) is 11.8 Å². The van der Waals surface area contributed by atoms with Crippen LogP contribution >= 0.6 is 0 Å².